The van der Waals surface area contributed by atoms with Crippen molar-refractivity contribution >= 4 is 29.5 Å². The van der Waals surface area contributed by atoms with Crippen LogP contribution >= 0.6 is 23.5 Å². The third-order valence-electron chi connectivity index (χ3n) is 3.95. The van der Waals surface area contributed by atoms with E-state index in [1.807, 2.05) is 0 Å². The second-order valence-corrected chi connectivity index (χ2v) is 10.9. The number of rotatable bonds is 11. The predicted octanol–water partition coefficient (Wildman–Crippen LogP) is -1.24. The van der Waals surface area contributed by atoms with Gasteiger partial charge in [-0.15, -0.1) is 0 Å². The molecule has 5 atom stereocenters. The zero-order chi connectivity index (χ0) is 25.0. The summed E-state index contributed by atoms with van der Waals surface area (Å²) in [6.45, 7) is -0.450. The molecule has 2 unspecified atom stereocenters. The Morgan fingerprint density at radius 3 is 2.48 bits per heavy atom. The van der Waals surface area contributed by atoms with Crippen molar-refractivity contribution in [2.24, 2.45) is 0 Å². The summed E-state index contributed by atoms with van der Waals surface area (Å²) in [6, 6.07) is 0. The maximum atomic E-state index is 12.1. The molecule has 1 aromatic rings. The number of hydrogen-bond acceptors (Lipinski definition) is 11. The van der Waals surface area contributed by atoms with E-state index < -0.39 is 59.8 Å². The van der Waals surface area contributed by atoms with Crippen LogP contribution in [0, 0.1) is 0 Å². The van der Waals surface area contributed by atoms with Crippen LogP contribution in [0.25, 0.3) is 6.08 Å². The van der Waals surface area contributed by atoms with Crippen LogP contribution in [-0.2, 0) is 31.6 Å². The van der Waals surface area contributed by atoms with Gasteiger partial charge in [-0.1, -0.05) is 12.2 Å². The minimum atomic E-state index is -5.70. The van der Waals surface area contributed by atoms with E-state index in [0.717, 1.165) is 4.57 Å². The van der Waals surface area contributed by atoms with E-state index in [2.05, 4.69) is 23.4 Å². The first kappa shape index (κ1) is 28.0. The number of aliphatic hydroxyl groups is 1. The minimum absolute atomic E-state index is 0.111. The smallest absolute Gasteiger partial charge is 0.390 e. The van der Waals surface area contributed by atoms with Gasteiger partial charge in [0.05, 0.1) is 18.3 Å². The molecule has 20 heteroatoms. The third-order valence-corrected chi connectivity index (χ3v) is 7.75. The monoisotopic (exact) mass is 537 g/mol. The van der Waals surface area contributed by atoms with Crippen LogP contribution in [0.15, 0.2) is 21.9 Å². The highest BCUT2D eigenvalue weighted by atomic mass is 31.3. The molecule has 2 heterocycles. The summed E-state index contributed by atoms with van der Waals surface area (Å²) in [5.74, 6) is 0. The SMILES string of the molecule is CNC/C=C/c1cn([C@H]2C[C@@H](O)[C@@H](COP(=O)(O)OP(=O)(O)OP(=O)(O)O)O2)c(=O)[nH]c1=O. The molecule has 0 bridgehead atoms. The Morgan fingerprint density at radius 1 is 1.21 bits per heavy atom. The average molecular weight is 537 g/mol. The van der Waals surface area contributed by atoms with E-state index in [0.29, 0.717) is 6.54 Å². The lowest BCUT2D eigenvalue weighted by Gasteiger charge is -2.19. The first-order valence-corrected chi connectivity index (χ1v) is 13.4. The fraction of sp³-hybridized carbons (Fsp3) is 0.538. The number of aromatic nitrogens is 2. The van der Waals surface area contributed by atoms with E-state index in [1.165, 1.54) is 12.3 Å². The molecule has 1 fully saturated rings. The molecule has 0 spiro atoms. The fourth-order valence-electron chi connectivity index (χ4n) is 2.64. The Bertz CT molecular complexity index is 1130. The van der Waals surface area contributed by atoms with Crippen molar-refractivity contribution in [1.82, 2.24) is 14.9 Å². The van der Waals surface area contributed by atoms with Gasteiger partial charge in [0, 0.05) is 19.2 Å². The molecular formula is C13H22N3O14P3. The van der Waals surface area contributed by atoms with Crippen molar-refractivity contribution in [1.29, 1.82) is 0 Å². The number of ether oxygens (including phenoxy) is 1. The van der Waals surface area contributed by atoms with Crippen LogP contribution in [0.1, 0.15) is 18.2 Å². The molecule has 7 N–H and O–H groups in total. The lowest BCUT2D eigenvalue weighted by molar-refractivity contribution is -0.0450. The van der Waals surface area contributed by atoms with Gasteiger partial charge >= 0.3 is 29.2 Å². The van der Waals surface area contributed by atoms with Crippen LogP contribution in [0.3, 0.4) is 0 Å². The van der Waals surface area contributed by atoms with E-state index >= 15 is 0 Å². The van der Waals surface area contributed by atoms with Gasteiger partial charge in [0.2, 0.25) is 0 Å². The lowest BCUT2D eigenvalue weighted by Crippen LogP contribution is -2.33. The van der Waals surface area contributed by atoms with Crippen LogP contribution < -0.4 is 16.6 Å². The number of aromatic amines is 1. The Hall–Kier alpha value is -1.29. The van der Waals surface area contributed by atoms with E-state index in [4.69, 9.17) is 19.4 Å². The number of nitrogens with zero attached hydrogens (tertiary/aromatic N) is 1. The predicted molar refractivity (Wildman–Crippen MR) is 109 cm³/mol. The Morgan fingerprint density at radius 2 is 1.88 bits per heavy atom. The molecule has 0 radical (unpaired) electrons. The molecule has 1 aromatic heterocycles. The van der Waals surface area contributed by atoms with Crippen molar-refractivity contribution in [2.75, 3.05) is 20.2 Å². The molecule has 33 heavy (non-hydrogen) atoms. The largest absolute Gasteiger partial charge is 0.490 e. The van der Waals surface area contributed by atoms with Gasteiger partial charge in [0.1, 0.15) is 12.3 Å². The normalized spacial score (nSPS) is 25.2. The molecule has 1 saturated heterocycles. The summed E-state index contributed by atoms with van der Waals surface area (Å²) in [4.78, 5) is 61.8. The average Bonchev–Trinajstić information content (AvgIpc) is 2.99. The van der Waals surface area contributed by atoms with E-state index in [9.17, 15) is 33.3 Å². The second kappa shape index (κ2) is 11.0. The van der Waals surface area contributed by atoms with Crippen LogP contribution in [-0.4, -0.2) is 66.6 Å². The zero-order valence-corrected chi connectivity index (χ0v) is 19.5. The number of likely N-dealkylation sites (N-methyl/N-ethyl adjacent to an activating group) is 1. The Kier molecular flexibility index (Phi) is 9.29. The van der Waals surface area contributed by atoms with Crippen molar-refractivity contribution in [3.05, 3.63) is 38.7 Å². The Labute approximate surface area is 185 Å². The molecule has 1 aliphatic heterocycles. The lowest BCUT2D eigenvalue weighted by atomic mass is 10.2. The van der Waals surface area contributed by atoms with Gasteiger partial charge in [0.15, 0.2) is 0 Å². The summed E-state index contributed by atoms with van der Waals surface area (Å²) < 4.78 is 51.7. The highest BCUT2D eigenvalue weighted by Crippen LogP contribution is 2.66. The van der Waals surface area contributed by atoms with Gasteiger partial charge in [-0.05, 0) is 7.05 Å². The van der Waals surface area contributed by atoms with Gasteiger partial charge in [0.25, 0.3) is 5.56 Å². The van der Waals surface area contributed by atoms with Gasteiger partial charge in [-0.3, -0.25) is 18.9 Å². The first-order valence-electron chi connectivity index (χ1n) is 8.91. The maximum absolute atomic E-state index is 12.1. The number of phosphoric acid groups is 3. The third kappa shape index (κ3) is 8.77. The summed E-state index contributed by atoms with van der Waals surface area (Å²) in [7, 11) is -15.0. The van der Waals surface area contributed by atoms with E-state index in [-0.39, 0.29) is 12.0 Å². The maximum Gasteiger partial charge on any atom is 0.490 e. The summed E-state index contributed by atoms with van der Waals surface area (Å²) in [5.41, 5.74) is -1.40. The highest BCUT2D eigenvalue weighted by Gasteiger charge is 2.43. The van der Waals surface area contributed by atoms with Crippen LogP contribution in [0.2, 0.25) is 0 Å². The molecule has 0 aliphatic carbocycles. The van der Waals surface area contributed by atoms with Crippen LogP contribution in [0.4, 0.5) is 0 Å². The number of phosphoric ester groups is 1. The molecule has 0 amide bonds. The quantitative estimate of drug-likeness (QED) is 0.163. The summed E-state index contributed by atoms with van der Waals surface area (Å²) in [5, 5.41) is 13.0. The molecule has 0 saturated carbocycles. The number of hydrogen-bond donors (Lipinski definition) is 7. The van der Waals surface area contributed by atoms with Gasteiger partial charge < -0.3 is 34.7 Å². The minimum Gasteiger partial charge on any atom is -0.390 e. The van der Waals surface area contributed by atoms with E-state index in [1.54, 1.807) is 13.1 Å². The molecule has 17 nitrogen and oxygen atoms in total. The van der Waals surface area contributed by atoms with Crippen LogP contribution in [0.5, 0.6) is 0 Å². The second-order valence-electron chi connectivity index (χ2n) is 6.53. The molecule has 2 rings (SSSR count). The Balaban J connectivity index is 2.08. The topological polar surface area (TPSA) is 256 Å². The molecular weight excluding hydrogens is 515 g/mol. The zero-order valence-electron chi connectivity index (χ0n) is 16.8. The highest BCUT2D eigenvalue weighted by molar-refractivity contribution is 7.66. The summed E-state index contributed by atoms with van der Waals surface area (Å²) >= 11 is 0. The van der Waals surface area contributed by atoms with Crippen molar-refractivity contribution < 1.29 is 56.3 Å². The number of H-pyrrole nitrogens is 1. The van der Waals surface area contributed by atoms with Crippen molar-refractivity contribution in [2.45, 2.75) is 24.9 Å². The van der Waals surface area contributed by atoms with Gasteiger partial charge in [-0.2, -0.15) is 8.62 Å². The van der Waals surface area contributed by atoms with Crippen molar-refractivity contribution in [3.63, 3.8) is 0 Å². The van der Waals surface area contributed by atoms with Gasteiger partial charge in [-0.25, -0.2) is 18.5 Å². The summed E-state index contributed by atoms with van der Waals surface area (Å²) in [6.07, 6.45) is 0.270. The number of aliphatic hydroxyl groups excluding tert-OH is 1. The standard InChI is InChI=1S/C13H22N3O14P3/c1-14-4-2-3-8-6-16(13(19)15-12(8)18)11-5-9(17)10(28-11)7-27-32(23,24)30-33(25,26)29-31(20,21)22/h2-3,6,9-11,14,17H,4-5,7H2,1H3,(H,23,24)(H,25,26)(H,15,18,19)(H2,20,21,22)/b3-2+/t9-,10-,11-/m1/s1. The number of nitrogens with one attached hydrogen (secondary N) is 2. The molecule has 0 aromatic carbocycles. The van der Waals surface area contributed by atoms with Crippen molar-refractivity contribution in [3.8, 4) is 0 Å². The fourth-order valence-corrected chi connectivity index (χ4v) is 5.67. The first-order chi connectivity index (χ1) is 15.1. The molecule has 188 valence electrons. The molecule has 1 aliphatic rings.